The van der Waals surface area contributed by atoms with Crippen LogP contribution >= 0.6 is 11.6 Å². The summed E-state index contributed by atoms with van der Waals surface area (Å²) in [5, 5.41) is 8.96. The largest absolute Gasteiger partial charge is 0.478 e. The van der Waals surface area contributed by atoms with Gasteiger partial charge in [0.2, 0.25) is 0 Å². The highest BCUT2D eigenvalue weighted by molar-refractivity contribution is 6.29. The summed E-state index contributed by atoms with van der Waals surface area (Å²) >= 11 is 5.70. The fourth-order valence-corrected chi connectivity index (χ4v) is 1.34. The van der Waals surface area contributed by atoms with E-state index in [0.717, 1.165) is 0 Å². The van der Waals surface area contributed by atoms with Gasteiger partial charge in [0.1, 0.15) is 17.3 Å². The number of nitrogens with zero attached hydrogens (tertiary/aromatic N) is 3. The zero-order valence-corrected chi connectivity index (χ0v) is 8.22. The lowest BCUT2D eigenvalue weighted by Crippen LogP contribution is -2.01. The molecule has 2 heterocycles. The van der Waals surface area contributed by atoms with Crippen LogP contribution in [0.1, 0.15) is 10.4 Å². The van der Waals surface area contributed by atoms with Crippen molar-refractivity contribution < 1.29 is 9.90 Å². The summed E-state index contributed by atoms with van der Waals surface area (Å²) in [6.07, 6.45) is 4.75. The standard InChI is InChI=1S/C9H6ClN3O2/c10-7-3-6(9(14)15)4-8(12-7)13-2-1-11-5-13/h1-5H,(H,14,15). The van der Waals surface area contributed by atoms with E-state index in [-0.39, 0.29) is 10.7 Å². The van der Waals surface area contributed by atoms with Crippen molar-refractivity contribution in [1.82, 2.24) is 14.5 Å². The zero-order valence-electron chi connectivity index (χ0n) is 7.46. The van der Waals surface area contributed by atoms with Crippen LogP contribution in [0, 0.1) is 0 Å². The van der Waals surface area contributed by atoms with Crippen molar-refractivity contribution in [3.05, 3.63) is 41.6 Å². The second kappa shape index (κ2) is 3.70. The predicted molar refractivity (Wildman–Crippen MR) is 53.3 cm³/mol. The van der Waals surface area contributed by atoms with E-state index in [0.29, 0.717) is 5.82 Å². The molecule has 0 amide bonds. The van der Waals surface area contributed by atoms with Crippen molar-refractivity contribution in [2.75, 3.05) is 0 Å². The number of aromatic nitrogens is 3. The molecule has 2 rings (SSSR count). The molecule has 6 heteroatoms. The second-order valence-electron chi connectivity index (χ2n) is 2.81. The van der Waals surface area contributed by atoms with Crippen LogP contribution in [0.25, 0.3) is 5.82 Å². The quantitative estimate of drug-likeness (QED) is 0.786. The zero-order chi connectivity index (χ0) is 10.8. The molecule has 0 atom stereocenters. The molecule has 5 nitrogen and oxygen atoms in total. The molecule has 0 bridgehead atoms. The summed E-state index contributed by atoms with van der Waals surface area (Å²) in [7, 11) is 0. The normalized spacial score (nSPS) is 10.2. The summed E-state index contributed by atoms with van der Waals surface area (Å²) in [5.74, 6) is -0.613. The smallest absolute Gasteiger partial charge is 0.335 e. The molecule has 76 valence electrons. The molecule has 2 aromatic heterocycles. The van der Waals surface area contributed by atoms with Crippen LogP contribution in [0.3, 0.4) is 0 Å². The molecule has 15 heavy (non-hydrogen) atoms. The number of carboxylic acids is 1. The van der Waals surface area contributed by atoms with Crippen LogP contribution < -0.4 is 0 Å². The molecule has 0 saturated heterocycles. The highest BCUT2D eigenvalue weighted by Crippen LogP contribution is 2.13. The van der Waals surface area contributed by atoms with Crippen molar-refractivity contribution in [2.24, 2.45) is 0 Å². The van der Waals surface area contributed by atoms with E-state index in [2.05, 4.69) is 9.97 Å². The van der Waals surface area contributed by atoms with Crippen LogP contribution in [0.2, 0.25) is 5.15 Å². The van der Waals surface area contributed by atoms with E-state index in [1.807, 2.05) is 0 Å². The number of rotatable bonds is 2. The number of carbonyl (C=O) groups is 1. The van der Waals surface area contributed by atoms with Gasteiger partial charge >= 0.3 is 5.97 Å². The molecule has 0 aliphatic rings. The van der Waals surface area contributed by atoms with Crippen LogP contribution in [0.5, 0.6) is 0 Å². The average Bonchev–Trinajstić information content (AvgIpc) is 2.69. The topological polar surface area (TPSA) is 68.0 Å². The molecular formula is C9H6ClN3O2. The van der Waals surface area contributed by atoms with Crippen molar-refractivity contribution in [2.45, 2.75) is 0 Å². The third-order valence-corrected chi connectivity index (χ3v) is 1.99. The van der Waals surface area contributed by atoms with Crippen molar-refractivity contribution in [1.29, 1.82) is 0 Å². The lowest BCUT2D eigenvalue weighted by Gasteiger charge is -2.02. The number of pyridine rings is 1. The lowest BCUT2D eigenvalue weighted by molar-refractivity contribution is 0.0696. The third-order valence-electron chi connectivity index (χ3n) is 1.80. The van der Waals surface area contributed by atoms with Crippen LogP contribution in [-0.4, -0.2) is 25.6 Å². The van der Waals surface area contributed by atoms with Gasteiger partial charge in [-0.2, -0.15) is 0 Å². The lowest BCUT2D eigenvalue weighted by atomic mass is 10.2. The first-order chi connectivity index (χ1) is 7.16. The Morgan fingerprint density at radius 2 is 2.27 bits per heavy atom. The Morgan fingerprint density at radius 3 is 2.87 bits per heavy atom. The summed E-state index contributed by atoms with van der Waals surface area (Å²) in [4.78, 5) is 18.6. The molecule has 0 unspecified atom stereocenters. The summed E-state index contributed by atoms with van der Waals surface area (Å²) in [5.41, 5.74) is 0.0960. The highest BCUT2D eigenvalue weighted by Gasteiger charge is 2.08. The van der Waals surface area contributed by atoms with E-state index >= 15 is 0 Å². The Balaban J connectivity index is 2.54. The Kier molecular flexibility index (Phi) is 2.39. The summed E-state index contributed by atoms with van der Waals surface area (Å²) < 4.78 is 1.58. The molecule has 1 N–H and O–H groups in total. The number of carboxylic acid groups (broad SMARTS) is 1. The first-order valence-electron chi connectivity index (χ1n) is 4.06. The maximum absolute atomic E-state index is 10.8. The molecule has 0 aliphatic heterocycles. The van der Waals surface area contributed by atoms with Gasteiger partial charge in [-0.15, -0.1) is 0 Å². The van der Waals surface area contributed by atoms with Crippen molar-refractivity contribution in [3.8, 4) is 5.82 Å². The van der Waals surface area contributed by atoms with Gasteiger partial charge in [0.25, 0.3) is 0 Å². The fourth-order valence-electron chi connectivity index (χ4n) is 1.13. The van der Waals surface area contributed by atoms with Gasteiger partial charge in [0, 0.05) is 12.4 Å². The molecule has 0 aliphatic carbocycles. The van der Waals surface area contributed by atoms with E-state index in [1.54, 1.807) is 17.0 Å². The molecule has 0 spiro atoms. The SMILES string of the molecule is O=C(O)c1cc(Cl)nc(-n2ccnc2)c1. The Morgan fingerprint density at radius 1 is 1.47 bits per heavy atom. The number of aromatic carboxylic acids is 1. The van der Waals surface area contributed by atoms with Crippen LogP contribution in [0.15, 0.2) is 30.9 Å². The summed E-state index contributed by atoms with van der Waals surface area (Å²) in [6, 6.07) is 2.72. The maximum Gasteiger partial charge on any atom is 0.335 e. The highest BCUT2D eigenvalue weighted by atomic mass is 35.5. The minimum Gasteiger partial charge on any atom is -0.478 e. The van der Waals surface area contributed by atoms with E-state index in [9.17, 15) is 4.79 Å². The molecule has 0 aromatic carbocycles. The Bertz CT molecular complexity index is 496. The predicted octanol–water partition coefficient (Wildman–Crippen LogP) is 1.62. The Labute approximate surface area is 90.0 Å². The monoisotopic (exact) mass is 223 g/mol. The molecule has 2 aromatic rings. The number of hydrogen-bond acceptors (Lipinski definition) is 3. The van der Waals surface area contributed by atoms with E-state index < -0.39 is 5.97 Å². The van der Waals surface area contributed by atoms with Crippen LogP contribution in [0.4, 0.5) is 0 Å². The minimum atomic E-state index is -1.04. The van der Waals surface area contributed by atoms with Crippen molar-refractivity contribution >= 4 is 17.6 Å². The maximum atomic E-state index is 10.8. The fraction of sp³-hybridized carbons (Fsp3) is 0. The number of halogens is 1. The van der Waals surface area contributed by atoms with Gasteiger partial charge in [-0.1, -0.05) is 11.6 Å². The van der Waals surface area contributed by atoms with Crippen molar-refractivity contribution in [3.63, 3.8) is 0 Å². The summed E-state index contributed by atoms with van der Waals surface area (Å²) in [6.45, 7) is 0. The third kappa shape index (κ3) is 1.97. The molecule has 0 fully saturated rings. The van der Waals surface area contributed by atoms with Gasteiger partial charge in [0.05, 0.1) is 5.56 Å². The average molecular weight is 224 g/mol. The van der Waals surface area contributed by atoms with Gasteiger partial charge in [-0.05, 0) is 12.1 Å². The van der Waals surface area contributed by atoms with Gasteiger partial charge in [-0.3, -0.25) is 4.57 Å². The molecule has 0 radical (unpaired) electrons. The van der Waals surface area contributed by atoms with Gasteiger partial charge < -0.3 is 5.11 Å². The first-order valence-corrected chi connectivity index (χ1v) is 4.44. The molecule has 0 saturated carbocycles. The Hall–Kier alpha value is -1.88. The first kappa shape index (κ1) is 9.67. The minimum absolute atomic E-state index is 0.0960. The second-order valence-corrected chi connectivity index (χ2v) is 3.20. The van der Waals surface area contributed by atoms with Gasteiger partial charge in [0.15, 0.2) is 0 Å². The van der Waals surface area contributed by atoms with Crippen LogP contribution in [-0.2, 0) is 0 Å². The van der Waals surface area contributed by atoms with E-state index in [4.69, 9.17) is 16.7 Å². The number of hydrogen-bond donors (Lipinski definition) is 1. The van der Waals surface area contributed by atoms with E-state index in [1.165, 1.54) is 18.5 Å². The number of imidazole rings is 1. The van der Waals surface area contributed by atoms with Gasteiger partial charge in [-0.25, -0.2) is 14.8 Å². The molecular weight excluding hydrogens is 218 g/mol.